The molecule has 0 spiro atoms. The maximum atomic E-state index is 10.1. The summed E-state index contributed by atoms with van der Waals surface area (Å²) in [7, 11) is 2.33. The summed E-state index contributed by atoms with van der Waals surface area (Å²) in [5, 5.41) is 10.1. The van der Waals surface area contributed by atoms with E-state index in [2.05, 4.69) is 29.0 Å². The molecular weight excluding hydrogens is 284 g/mol. The third-order valence-electron chi connectivity index (χ3n) is 7.12. The Labute approximate surface area is 139 Å². The fraction of sp³-hybridized carbons (Fsp3) is 0.700. The molecule has 3 atom stereocenters. The summed E-state index contributed by atoms with van der Waals surface area (Å²) in [6.45, 7) is 3.58. The first-order valence-electron chi connectivity index (χ1n) is 9.44. The monoisotopic (exact) mass is 312 g/mol. The van der Waals surface area contributed by atoms with Gasteiger partial charge in [-0.2, -0.15) is 0 Å². The molecule has 2 heterocycles. The van der Waals surface area contributed by atoms with Gasteiger partial charge >= 0.3 is 0 Å². The highest BCUT2D eigenvalue weighted by Crippen LogP contribution is 2.53. The lowest BCUT2D eigenvalue weighted by atomic mass is 9.57. The molecule has 1 aromatic rings. The Morgan fingerprint density at radius 3 is 2.91 bits per heavy atom. The lowest BCUT2D eigenvalue weighted by Gasteiger charge is -2.61. The number of hydrogen-bond donors (Lipinski definition) is 1. The van der Waals surface area contributed by atoms with E-state index in [1.54, 1.807) is 0 Å². The number of fused-ring (bicyclic) bond motifs is 1. The van der Waals surface area contributed by atoms with E-state index in [0.717, 1.165) is 12.5 Å². The molecule has 0 radical (unpaired) electrons. The number of likely N-dealkylation sites (N-methyl/N-ethyl adjacent to an activating group) is 1. The number of piperidine rings is 1. The third-order valence-corrected chi connectivity index (χ3v) is 7.12. The molecule has 0 amide bonds. The van der Waals surface area contributed by atoms with E-state index in [4.69, 9.17) is 0 Å². The number of nitrogens with zero attached hydrogens (tertiary/aromatic N) is 2. The highest BCUT2D eigenvalue weighted by Gasteiger charge is 2.56. The zero-order valence-electron chi connectivity index (χ0n) is 14.2. The van der Waals surface area contributed by atoms with Gasteiger partial charge in [-0.1, -0.05) is 12.5 Å². The van der Waals surface area contributed by atoms with Crippen LogP contribution in [-0.2, 0) is 12.0 Å². The number of phenolic OH excluding ortho intramolecular Hbond substituents is 1. The molecule has 23 heavy (non-hydrogen) atoms. The molecule has 1 saturated heterocycles. The van der Waals surface area contributed by atoms with Gasteiger partial charge < -0.3 is 10.0 Å². The Kier molecular flexibility index (Phi) is 3.09. The van der Waals surface area contributed by atoms with Crippen LogP contribution in [0.2, 0.25) is 0 Å². The average Bonchev–Trinajstić information content (AvgIpc) is 3.36. The van der Waals surface area contributed by atoms with Crippen LogP contribution in [0.4, 0.5) is 0 Å². The quantitative estimate of drug-likeness (QED) is 0.909. The van der Waals surface area contributed by atoms with E-state index in [0.29, 0.717) is 17.8 Å². The summed E-state index contributed by atoms with van der Waals surface area (Å²) in [6.07, 6.45) is 8.09. The fourth-order valence-electron chi connectivity index (χ4n) is 5.89. The first-order chi connectivity index (χ1) is 11.2. The number of rotatable bonds is 2. The maximum Gasteiger partial charge on any atom is 0.115 e. The van der Waals surface area contributed by atoms with Crippen molar-refractivity contribution in [1.29, 1.82) is 0 Å². The molecule has 124 valence electrons. The number of phenols is 1. The minimum atomic E-state index is 0.288. The summed E-state index contributed by atoms with van der Waals surface area (Å²) in [4.78, 5) is 5.45. The van der Waals surface area contributed by atoms with Crippen molar-refractivity contribution in [3.63, 3.8) is 0 Å². The first kappa shape index (κ1) is 14.3. The van der Waals surface area contributed by atoms with E-state index in [9.17, 15) is 5.11 Å². The summed E-state index contributed by atoms with van der Waals surface area (Å²) in [6, 6.07) is 7.54. The summed E-state index contributed by atoms with van der Waals surface area (Å²) in [5.74, 6) is 1.40. The molecule has 2 saturated carbocycles. The molecular formula is C20H28N2O. The number of likely N-dealkylation sites (tertiary alicyclic amines) is 1. The zero-order chi connectivity index (χ0) is 15.6. The second-order valence-corrected chi connectivity index (χ2v) is 8.51. The topological polar surface area (TPSA) is 26.7 Å². The second kappa shape index (κ2) is 4.97. The predicted octanol–water partition coefficient (Wildman–Crippen LogP) is 3.11. The average molecular weight is 312 g/mol. The van der Waals surface area contributed by atoms with Crippen LogP contribution in [-0.4, -0.2) is 47.1 Å². The van der Waals surface area contributed by atoms with E-state index in [-0.39, 0.29) is 5.41 Å². The highest BCUT2D eigenvalue weighted by atomic mass is 16.3. The van der Waals surface area contributed by atoms with E-state index < -0.39 is 0 Å². The van der Waals surface area contributed by atoms with E-state index in [1.165, 1.54) is 62.7 Å². The van der Waals surface area contributed by atoms with Gasteiger partial charge in [0.1, 0.15) is 5.75 Å². The molecule has 3 nitrogen and oxygen atoms in total. The molecule has 3 heteroatoms. The maximum absolute atomic E-state index is 10.1. The largest absolute Gasteiger partial charge is 0.508 e. The molecule has 3 unspecified atom stereocenters. The van der Waals surface area contributed by atoms with Gasteiger partial charge in [0.05, 0.1) is 0 Å². The molecule has 5 rings (SSSR count). The van der Waals surface area contributed by atoms with Crippen molar-refractivity contribution in [1.82, 2.24) is 9.80 Å². The van der Waals surface area contributed by atoms with Gasteiger partial charge in [-0.05, 0) is 74.9 Å². The molecule has 2 aliphatic carbocycles. The Bertz CT molecular complexity index is 626. The van der Waals surface area contributed by atoms with Crippen molar-refractivity contribution in [3.8, 4) is 5.75 Å². The van der Waals surface area contributed by atoms with Gasteiger partial charge in [0.2, 0.25) is 0 Å². The lowest BCUT2D eigenvalue weighted by Crippen LogP contribution is -2.68. The third kappa shape index (κ3) is 2.09. The smallest absolute Gasteiger partial charge is 0.115 e. The van der Waals surface area contributed by atoms with Crippen LogP contribution >= 0.6 is 0 Å². The van der Waals surface area contributed by atoms with Crippen LogP contribution in [0.5, 0.6) is 5.75 Å². The van der Waals surface area contributed by atoms with E-state index >= 15 is 0 Å². The van der Waals surface area contributed by atoms with Gasteiger partial charge in [0.25, 0.3) is 0 Å². The van der Waals surface area contributed by atoms with Crippen molar-refractivity contribution in [2.24, 2.45) is 5.92 Å². The molecule has 0 aromatic heterocycles. The molecule has 2 aliphatic heterocycles. The van der Waals surface area contributed by atoms with E-state index in [1.807, 2.05) is 6.07 Å². The minimum Gasteiger partial charge on any atom is -0.508 e. The normalized spacial score (nSPS) is 37.3. The van der Waals surface area contributed by atoms with Crippen LogP contribution in [0.25, 0.3) is 0 Å². The lowest BCUT2D eigenvalue weighted by molar-refractivity contribution is -0.0530. The Morgan fingerprint density at radius 2 is 2.09 bits per heavy atom. The molecule has 2 bridgehead atoms. The first-order valence-corrected chi connectivity index (χ1v) is 9.44. The summed E-state index contributed by atoms with van der Waals surface area (Å²) in [5.41, 5.74) is 3.24. The highest BCUT2D eigenvalue weighted by molar-refractivity contribution is 5.45. The van der Waals surface area contributed by atoms with Crippen molar-refractivity contribution >= 4 is 0 Å². The van der Waals surface area contributed by atoms with Gasteiger partial charge in [-0.15, -0.1) is 0 Å². The summed E-state index contributed by atoms with van der Waals surface area (Å²) >= 11 is 0. The minimum absolute atomic E-state index is 0.288. The predicted molar refractivity (Wildman–Crippen MR) is 91.6 cm³/mol. The zero-order valence-corrected chi connectivity index (χ0v) is 14.2. The Balaban J connectivity index is 1.64. The van der Waals surface area contributed by atoms with Gasteiger partial charge in [-0.25, -0.2) is 0 Å². The van der Waals surface area contributed by atoms with Crippen molar-refractivity contribution in [3.05, 3.63) is 29.3 Å². The molecule has 3 fully saturated rings. The Hall–Kier alpha value is -1.06. The fourth-order valence-corrected chi connectivity index (χ4v) is 5.89. The molecule has 4 aliphatic rings. The van der Waals surface area contributed by atoms with Gasteiger partial charge in [0.15, 0.2) is 0 Å². The number of hydrogen-bond acceptors (Lipinski definition) is 3. The van der Waals surface area contributed by atoms with Crippen LogP contribution in [0.15, 0.2) is 18.2 Å². The van der Waals surface area contributed by atoms with Crippen molar-refractivity contribution in [2.45, 2.75) is 62.6 Å². The van der Waals surface area contributed by atoms with Gasteiger partial charge in [0, 0.05) is 30.6 Å². The van der Waals surface area contributed by atoms with Crippen molar-refractivity contribution in [2.75, 3.05) is 20.1 Å². The summed E-state index contributed by atoms with van der Waals surface area (Å²) < 4.78 is 0. The van der Waals surface area contributed by atoms with Crippen molar-refractivity contribution < 1.29 is 5.11 Å². The van der Waals surface area contributed by atoms with Crippen LogP contribution in [0, 0.1) is 5.92 Å². The van der Waals surface area contributed by atoms with Crippen LogP contribution in [0.1, 0.15) is 49.7 Å². The standard InChI is InChI=1S/C20H28N2O/c1-21-10-9-20-8-2-3-18(21)19(20)22(12-14-4-5-14)13-15-6-7-16(23)11-17(15)20/h6-7,11,14,18-19,23H,2-5,8-10,12-13H2,1H3. The second-order valence-electron chi connectivity index (χ2n) is 8.51. The SMILES string of the molecule is CN1CCC23CCCC1C2N(CC1CC1)Cc1ccc(O)cc13. The van der Waals surface area contributed by atoms with Gasteiger partial charge in [-0.3, -0.25) is 4.90 Å². The number of benzene rings is 1. The molecule has 1 aromatic carbocycles. The number of aromatic hydroxyl groups is 1. The molecule has 1 N–H and O–H groups in total. The van der Waals surface area contributed by atoms with Crippen LogP contribution in [0.3, 0.4) is 0 Å². The Morgan fingerprint density at radius 1 is 1.22 bits per heavy atom. The van der Waals surface area contributed by atoms with Crippen LogP contribution < -0.4 is 0 Å².